The van der Waals surface area contributed by atoms with Crippen LogP contribution in [0.4, 0.5) is 11.4 Å². The number of aryl methyl sites for hydroxylation is 1. The maximum absolute atomic E-state index is 6.43. The number of para-hydroxylation sites is 2. The minimum absolute atomic E-state index is 0.745. The summed E-state index contributed by atoms with van der Waals surface area (Å²) in [5.74, 6) is 0.745. The van der Waals surface area contributed by atoms with E-state index in [4.69, 9.17) is 4.42 Å². The molecule has 1 saturated carbocycles. The van der Waals surface area contributed by atoms with Crippen LogP contribution >= 0.6 is 0 Å². The van der Waals surface area contributed by atoms with Gasteiger partial charge >= 0.3 is 0 Å². The molecule has 0 spiro atoms. The average Bonchev–Trinajstić information content (AvgIpc) is 3.18. The van der Waals surface area contributed by atoms with Gasteiger partial charge in [0.1, 0.15) is 5.58 Å². The topological polar surface area (TPSA) is 16.4 Å². The van der Waals surface area contributed by atoms with Gasteiger partial charge in [0, 0.05) is 23.5 Å². The van der Waals surface area contributed by atoms with Gasteiger partial charge in [0.05, 0.1) is 5.69 Å². The molecular formula is C27H29NO. The summed E-state index contributed by atoms with van der Waals surface area (Å²) in [6.07, 6.45) is 7.81. The molecule has 148 valence electrons. The maximum Gasteiger partial charge on any atom is 0.159 e. The molecule has 2 nitrogen and oxygen atoms in total. The van der Waals surface area contributed by atoms with E-state index in [1.165, 1.54) is 59.7 Å². The number of benzene rings is 3. The van der Waals surface area contributed by atoms with Crippen LogP contribution in [0.5, 0.6) is 0 Å². The van der Waals surface area contributed by atoms with Gasteiger partial charge in [0.2, 0.25) is 0 Å². The van der Waals surface area contributed by atoms with Crippen molar-refractivity contribution in [3.05, 3.63) is 71.8 Å². The van der Waals surface area contributed by atoms with Crippen LogP contribution in [0.3, 0.4) is 0 Å². The predicted molar refractivity (Wildman–Crippen MR) is 123 cm³/mol. The molecule has 0 amide bonds. The molecule has 0 saturated heterocycles. The van der Waals surface area contributed by atoms with Crippen LogP contribution in [0.2, 0.25) is 0 Å². The summed E-state index contributed by atoms with van der Waals surface area (Å²) in [7, 11) is 2.14. The monoisotopic (exact) mass is 383 g/mol. The second-order valence-electron chi connectivity index (χ2n) is 8.39. The van der Waals surface area contributed by atoms with Crippen molar-refractivity contribution >= 4 is 33.3 Å². The van der Waals surface area contributed by atoms with Gasteiger partial charge in [-0.1, -0.05) is 68.7 Å². The molecular weight excluding hydrogens is 354 g/mol. The van der Waals surface area contributed by atoms with E-state index in [1.807, 2.05) is 0 Å². The summed E-state index contributed by atoms with van der Waals surface area (Å²) in [6, 6.07) is 22.1. The van der Waals surface area contributed by atoms with Crippen LogP contribution in [-0.2, 0) is 6.42 Å². The Morgan fingerprint density at radius 2 is 1.52 bits per heavy atom. The lowest BCUT2D eigenvalue weighted by Gasteiger charge is -2.24. The second-order valence-corrected chi connectivity index (χ2v) is 8.39. The van der Waals surface area contributed by atoms with Crippen LogP contribution in [0.1, 0.15) is 56.1 Å². The van der Waals surface area contributed by atoms with Crippen LogP contribution in [0.25, 0.3) is 21.9 Å². The average molecular weight is 384 g/mol. The summed E-state index contributed by atoms with van der Waals surface area (Å²) in [6.45, 7) is 2.18. The third-order valence-electron chi connectivity index (χ3n) is 6.68. The van der Waals surface area contributed by atoms with Gasteiger partial charge < -0.3 is 9.32 Å². The SMILES string of the molecule is CCc1cccc2c1oc1c(N(C)c3ccc(C4CCCCC4)cc3)cccc12. The highest BCUT2D eigenvalue weighted by atomic mass is 16.3. The van der Waals surface area contributed by atoms with Crippen LogP contribution in [0.15, 0.2) is 65.1 Å². The first-order chi connectivity index (χ1) is 14.3. The number of hydrogen-bond donors (Lipinski definition) is 0. The first kappa shape index (κ1) is 18.3. The summed E-state index contributed by atoms with van der Waals surface area (Å²) in [4.78, 5) is 2.25. The quantitative estimate of drug-likeness (QED) is 0.355. The van der Waals surface area contributed by atoms with E-state index < -0.39 is 0 Å². The summed E-state index contributed by atoms with van der Waals surface area (Å²) < 4.78 is 6.43. The highest BCUT2D eigenvalue weighted by Crippen LogP contribution is 2.39. The molecule has 0 N–H and O–H groups in total. The van der Waals surface area contributed by atoms with Crippen molar-refractivity contribution < 1.29 is 4.42 Å². The highest BCUT2D eigenvalue weighted by Gasteiger charge is 2.18. The number of hydrogen-bond acceptors (Lipinski definition) is 2. The molecule has 3 aromatic carbocycles. The fraction of sp³-hybridized carbons (Fsp3) is 0.333. The van der Waals surface area contributed by atoms with Gasteiger partial charge in [-0.3, -0.25) is 0 Å². The van der Waals surface area contributed by atoms with E-state index in [2.05, 4.69) is 79.5 Å². The third kappa shape index (κ3) is 3.21. The number of nitrogens with zero attached hydrogens (tertiary/aromatic N) is 1. The van der Waals surface area contributed by atoms with Gasteiger partial charge in [0.15, 0.2) is 5.58 Å². The molecule has 1 aliphatic rings. The first-order valence-electron chi connectivity index (χ1n) is 11.0. The highest BCUT2D eigenvalue weighted by molar-refractivity contribution is 6.10. The van der Waals surface area contributed by atoms with E-state index >= 15 is 0 Å². The van der Waals surface area contributed by atoms with Crippen LogP contribution in [0, 0.1) is 0 Å². The van der Waals surface area contributed by atoms with Crippen LogP contribution in [-0.4, -0.2) is 7.05 Å². The van der Waals surface area contributed by atoms with Crippen molar-refractivity contribution in [1.82, 2.24) is 0 Å². The predicted octanol–water partition coefficient (Wildman–Crippen LogP) is 7.96. The second kappa shape index (κ2) is 7.59. The smallest absolute Gasteiger partial charge is 0.159 e. The molecule has 0 aliphatic heterocycles. The normalized spacial score (nSPS) is 15.2. The molecule has 0 unspecified atom stereocenters. The molecule has 1 aromatic heterocycles. The number of anilines is 2. The van der Waals surface area contributed by atoms with E-state index in [1.54, 1.807) is 0 Å². The summed E-state index contributed by atoms with van der Waals surface area (Å²) >= 11 is 0. The molecule has 1 aliphatic carbocycles. The zero-order valence-corrected chi connectivity index (χ0v) is 17.4. The molecule has 4 aromatic rings. The Bertz CT molecular complexity index is 1130. The lowest BCUT2D eigenvalue weighted by molar-refractivity contribution is 0.443. The van der Waals surface area contributed by atoms with Crippen molar-refractivity contribution in [2.75, 3.05) is 11.9 Å². The van der Waals surface area contributed by atoms with Crippen LogP contribution < -0.4 is 4.90 Å². The lowest BCUT2D eigenvalue weighted by Crippen LogP contribution is -2.10. The maximum atomic E-state index is 6.43. The molecule has 0 radical (unpaired) electrons. The third-order valence-corrected chi connectivity index (χ3v) is 6.68. The molecule has 0 bridgehead atoms. The number of furan rings is 1. The van der Waals surface area contributed by atoms with Gasteiger partial charge in [-0.2, -0.15) is 0 Å². The molecule has 2 heteroatoms. The fourth-order valence-corrected chi connectivity index (χ4v) is 4.95. The molecule has 29 heavy (non-hydrogen) atoms. The lowest BCUT2D eigenvalue weighted by atomic mass is 9.84. The van der Waals surface area contributed by atoms with Crippen molar-refractivity contribution in [2.45, 2.75) is 51.4 Å². The van der Waals surface area contributed by atoms with E-state index in [-0.39, 0.29) is 0 Å². The van der Waals surface area contributed by atoms with E-state index in [9.17, 15) is 0 Å². The molecule has 5 rings (SSSR count). The van der Waals surface area contributed by atoms with E-state index in [0.717, 1.165) is 29.2 Å². The Hall–Kier alpha value is -2.74. The Kier molecular flexibility index (Phi) is 4.79. The Balaban J connectivity index is 1.53. The van der Waals surface area contributed by atoms with Gasteiger partial charge in [-0.15, -0.1) is 0 Å². The zero-order valence-electron chi connectivity index (χ0n) is 17.4. The first-order valence-corrected chi connectivity index (χ1v) is 11.0. The van der Waals surface area contributed by atoms with Gasteiger partial charge in [0.25, 0.3) is 0 Å². The number of fused-ring (bicyclic) bond motifs is 3. The minimum atomic E-state index is 0.745. The zero-order chi connectivity index (χ0) is 19.8. The fourth-order valence-electron chi connectivity index (χ4n) is 4.95. The summed E-state index contributed by atoms with van der Waals surface area (Å²) in [5, 5.41) is 2.40. The molecule has 1 fully saturated rings. The standard InChI is InChI=1S/C27H29NO/c1-3-19-11-7-12-23-24-13-8-14-25(27(24)29-26(19)23)28(2)22-17-15-21(16-18-22)20-9-5-4-6-10-20/h7-8,11-18,20H,3-6,9-10H2,1-2H3. The minimum Gasteiger partial charge on any atom is -0.454 e. The Morgan fingerprint density at radius 3 is 2.24 bits per heavy atom. The van der Waals surface area contributed by atoms with E-state index in [0.29, 0.717) is 0 Å². The molecule has 1 heterocycles. The number of rotatable bonds is 4. The van der Waals surface area contributed by atoms with Crippen molar-refractivity contribution in [3.63, 3.8) is 0 Å². The van der Waals surface area contributed by atoms with Gasteiger partial charge in [-0.05, 0) is 54.5 Å². The Labute approximate surface area is 173 Å². The van der Waals surface area contributed by atoms with Crippen molar-refractivity contribution in [3.8, 4) is 0 Å². The Morgan fingerprint density at radius 1 is 0.828 bits per heavy atom. The largest absolute Gasteiger partial charge is 0.454 e. The summed E-state index contributed by atoms with van der Waals surface area (Å²) in [5.41, 5.74) is 7.08. The van der Waals surface area contributed by atoms with Crippen molar-refractivity contribution in [2.24, 2.45) is 0 Å². The molecule has 0 atom stereocenters. The van der Waals surface area contributed by atoms with Gasteiger partial charge in [-0.25, -0.2) is 0 Å². The van der Waals surface area contributed by atoms with Crippen molar-refractivity contribution in [1.29, 1.82) is 0 Å².